The van der Waals surface area contributed by atoms with Crippen LogP contribution < -0.4 is 0 Å². The molecule has 0 atom stereocenters. The second-order valence-corrected chi connectivity index (χ2v) is 8.26. The van der Waals surface area contributed by atoms with Crippen LogP contribution in [0.25, 0.3) is 23.3 Å². The van der Waals surface area contributed by atoms with Crippen molar-refractivity contribution in [3.8, 4) is 22.6 Å². The van der Waals surface area contributed by atoms with E-state index < -0.39 is 0 Å². The highest BCUT2D eigenvalue weighted by Gasteiger charge is 1.93. The van der Waals surface area contributed by atoms with E-state index in [9.17, 15) is 10.2 Å². The molecule has 210 valence electrons. The maximum atomic E-state index is 9.19. The average Bonchev–Trinajstić information content (AvgIpc) is 2.94. The predicted octanol–water partition coefficient (Wildman–Crippen LogP) is 11.7. The van der Waals surface area contributed by atoms with Gasteiger partial charge in [0.2, 0.25) is 0 Å². The fourth-order valence-corrected chi connectivity index (χ4v) is 2.88. The summed E-state index contributed by atoms with van der Waals surface area (Å²) in [7, 11) is 0. The van der Waals surface area contributed by atoms with Gasteiger partial charge in [-0.3, -0.25) is 0 Å². The first-order valence-corrected chi connectivity index (χ1v) is 13.4. The number of rotatable bonds is 3. The Bertz CT molecular complexity index is 1040. The van der Waals surface area contributed by atoms with Crippen LogP contribution in [0.2, 0.25) is 0 Å². The van der Waals surface area contributed by atoms with Gasteiger partial charge in [-0.05, 0) is 37.1 Å². The van der Waals surface area contributed by atoms with E-state index in [0.717, 1.165) is 11.1 Å². The molecule has 0 aliphatic carbocycles. The molecule has 0 saturated heterocycles. The standard InChI is InChI=1S/C12H10.2C9H10O.2C3H8.CH4/c1-3-7-11(8-4-1)12-9-5-2-6-10-12;2*1-2-5-8-6-3-4-7-9(8)10;2*1-3-2;/h1-10H;2*2-7,10H,1H3;2*3H2,1-2H3;1H4/b;2*5-2+;;;. The molecule has 39 heavy (non-hydrogen) atoms. The van der Waals surface area contributed by atoms with Crippen LogP contribution in [0.1, 0.15) is 72.9 Å². The quantitative estimate of drug-likeness (QED) is 0.279. The number of hydrogen-bond acceptors (Lipinski definition) is 2. The molecule has 0 aliphatic rings. The minimum Gasteiger partial charge on any atom is -0.507 e. The second-order valence-electron chi connectivity index (χ2n) is 8.26. The third-order valence-corrected chi connectivity index (χ3v) is 4.45. The monoisotopic (exact) mass is 526 g/mol. The lowest BCUT2D eigenvalue weighted by Gasteiger charge is -1.98. The molecule has 0 amide bonds. The molecule has 0 aromatic heterocycles. The number of phenolic OH excluding ortho intramolecular Hbond substituents is 2. The van der Waals surface area contributed by atoms with Crippen LogP contribution in [0.15, 0.2) is 121 Å². The molecule has 0 spiro atoms. The SMILES string of the molecule is C.C/C=C/c1ccccc1O.C/C=C/c1ccccc1O.CCC.CCC.c1ccc(-c2ccccc2)cc1. The van der Waals surface area contributed by atoms with Crippen LogP contribution >= 0.6 is 0 Å². The van der Waals surface area contributed by atoms with Crippen LogP contribution in [-0.2, 0) is 0 Å². The zero-order valence-corrected chi connectivity index (χ0v) is 24.0. The van der Waals surface area contributed by atoms with Crippen LogP contribution in [0.3, 0.4) is 0 Å². The van der Waals surface area contributed by atoms with E-state index in [2.05, 4.69) is 76.2 Å². The summed E-state index contributed by atoms with van der Waals surface area (Å²) < 4.78 is 0. The average molecular weight is 527 g/mol. The number of allylic oxidation sites excluding steroid dienone is 2. The first-order valence-electron chi connectivity index (χ1n) is 13.4. The third kappa shape index (κ3) is 18.0. The van der Waals surface area contributed by atoms with E-state index >= 15 is 0 Å². The van der Waals surface area contributed by atoms with Crippen molar-refractivity contribution in [3.05, 3.63) is 132 Å². The van der Waals surface area contributed by atoms with Crippen molar-refractivity contribution in [2.75, 3.05) is 0 Å². The minimum absolute atomic E-state index is 0. The molecule has 2 nitrogen and oxygen atoms in total. The maximum Gasteiger partial charge on any atom is 0.122 e. The van der Waals surface area contributed by atoms with E-state index in [1.807, 2.05) is 86.7 Å². The summed E-state index contributed by atoms with van der Waals surface area (Å²) >= 11 is 0. The molecular formula is C37H50O2. The first-order chi connectivity index (χ1) is 18.5. The van der Waals surface area contributed by atoms with Crippen molar-refractivity contribution in [1.82, 2.24) is 0 Å². The largest absolute Gasteiger partial charge is 0.507 e. The summed E-state index contributed by atoms with van der Waals surface area (Å²) in [6, 6.07) is 35.3. The number of benzene rings is 4. The molecule has 0 saturated carbocycles. The van der Waals surface area contributed by atoms with Gasteiger partial charge in [-0.25, -0.2) is 0 Å². The van der Waals surface area contributed by atoms with Crippen molar-refractivity contribution in [2.24, 2.45) is 0 Å². The van der Waals surface area contributed by atoms with Gasteiger partial charge in [0.25, 0.3) is 0 Å². The molecule has 2 heteroatoms. The first kappa shape index (κ1) is 37.1. The summed E-state index contributed by atoms with van der Waals surface area (Å²) in [6.45, 7) is 12.3. The zero-order chi connectivity index (χ0) is 28.4. The van der Waals surface area contributed by atoms with Crippen LogP contribution in [0.5, 0.6) is 11.5 Å². The summed E-state index contributed by atoms with van der Waals surface area (Å²) in [5, 5.41) is 18.4. The minimum atomic E-state index is 0. The maximum absolute atomic E-state index is 9.19. The molecule has 0 fully saturated rings. The van der Waals surface area contributed by atoms with Gasteiger partial charge < -0.3 is 10.2 Å². The van der Waals surface area contributed by atoms with Crippen molar-refractivity contribution >= 4 is 12.2 Å². The molecular weight excluding hydrogens is 476 g/mol. The highest BCUT2D eigenvalue weighted by Crippen LogP contribution is 2.18. The lowest BCUT2D eigenvalue weighted by Crippen LogP contribution is -1.73. The van der Waals surface area contributed by atoms with Gasteiger partial charge in [0.05, 0.1) is 0 Å². The van der Waals surface area contributed by atoms with Crippen LogP contribution in [0.4, 0.5) is 0 Å². The molecule has 4 aromatic rings. The third-order valence-electron chi connectivity index (χ3n) is 4.45. The summed E-state index contributed by atoms with van der Waals surface area (Å²) in [4.78, 5) is 0. The molecule has 0 aliphatic heterocycles. The highest BCUT2D eigenvalue weighted by atomic mass is 16.3. The summed E-state index contributed by atoms with van der Waals surface area (Å²) in [5.41, 5.74) is 4.28. The Hall–Kier alpha value is -4.04. The van der Waals surface area contributed by atoms with Gasteiger partial charge in [0.15, 0.2) is 0 Å². The van der Waals surface area contributed by atoms with Gasteiger partial charge in [0, 0.05) is 11.1 Å². The fourth-order valence-electron chi connectivity index (χ4n) is 2.88. The van der Waals surface area contributed by atoms with E-state index in [-0.39, 0.29) is 7.43 Å². The molecule has 0 heterocycles. The summed E-state index contributed by atoms with van der Waals surface area (Å²) in [5.74, 6) is 0.668. The molecule has 0 radical (unpaired) electrons. The normalized spacial score (nSPS) is 9.28. The number of phenols is 2. The summed E-state index contributed by atoms with van der Waals surface area (Å²) in [6.07, 6.45) is 10.0. The Morgan fingerprint density at radius 2 is 0.718 bits per heavy atom. The topological polar surface area (TPSA) is 40.5 Å². The lowest BCUT2D eigenvalue weighted by molar-refractivity contribution is 0.473. The van der Waals surface area contributed by atoms with Gasteiger partial charge >= 0.3 is 0 Å². The van der Waals surface area contributed by atoms with Crippen LogP contribution in [-0.4, -0.2) is 10.2 Å². The zero-order valence-electron chi connectivity index (χ0n) is 24.0. The smallest absolute Gasteiger partial charge is 0.122 e. The Balaban J connectivity index is 0. The van der Waals surface area contributed by atoms with Gasteiger partial charge in [0.1, 0.15) is 11.5 Å². The Morgan fingerprint density at radius 3 is 0.974 bits per heavy atom. The highest BCUT2D eigenvalue weighted by molar-refractivity contribution is 5.62. The van der Waals surface area contributed by atoms with E-state index in [1.165, 1.54) is 24.0 Å². The fraction of sp³-hybridized carbons (Fsp3) is 0.243. The Labute approximate surface area is 239 Å². The second kappa shape index (κ2) is 25.6. The Morgan fingerprint density at radius 1 is 0.462 bits per heavy atom. The van der Waals surface area contributed by atoms with Crippen molar-refractivity contribution in [1.29, 1.82) is 0 Å². The predicted molar refractivity (Wildman–Crippen MR) is 176 cm³/mol. The van der Waals surface area contributed by atoms with Crippen molar-refractivity contribution in [3.63, 3.8) is 0 Å². The Kier molecular flexibility index (Phi) is 24.4. The van der Waals surface area contributed by atoms with Gasteiger partial charge in [-0.1, -0.05) is 169 Å². The van der Waals surface area contributed by atoms with Gasteiger partial charge in [-0.2, -0.15) is 0 Å². The molecule has 0 unspecified atom stereocenters. The number of para-hydroxylation sites is 2. The van der Waals surface area contributed by atoms with Crippen molar-refractivity contribution in [2.45, 2.75) is 61.8 Å². The van der Waals surface area contributed by atoms with E-state index in [4.69, 9.17) is 0 Å². The lowest BCUT2D eigenvalue weighted by atomic mass is 10.1. The van der Waals surface area contributed by atoms with E-state index in [1.54, 1.807) is 12.1 Å². The van der Waals surface area contributed by atoms with Gasteiger partial charge in [-0.15, -0.1) is 0 Å². The van der Waals surface area contributed by atoms with Crippen LogP contribution in [0, 0.1) is 0 Å². The van der Waals surface area contributed by atoms with E-state index in [0.29, 0.717) is 11.5 Å². The molecule has 2 N–H and O–H groups in total. The number of aromatic hydroxyl groups is 2. The molecule has 4 aromatic carbocycles. The number of hydrogen-bond donors (Lipinski definition) is 2. The molecule has 4 rings (SSSR count). The molecule has 0 bridgehead atoms. The van der Waals surface area contributed by atoms with Crippen molar-refractivity contribution < 1.29 is 10.2 Å².